The van der Waals surface area contributed by atoms with Gasteiger partial charge in [-0.25, -0.2) is 0 Å². The highest BCUT2D eigenvalue weighted by molar-refractivity contribution is 6.25. The fourth-order valence-corrected chi connectivity index (χ4v) is 5.18. The predicted octanol–water partition coefficient (Wildman–Crippen LogP) is 4.52. The summed E-state index contributed by atoms with van der Waals surface area (Å²) >= 11 is 0. The average Bonchev–Trinajstić information content (AvgIpc) is 3.81. The zero-order valence-electron chi connectivity index (χ0n) is 22.8. The van der Waals surface area contributed by atoms with Crippen LogP contribution in [0.25, 0.3) is 0 Å². The molecule has 0 bridgehead atoms. The largest absolute Gasteiger partial charge is 0.276 e. The molecule has 2 amide bonds. The van der Waals surface area contributed by atoms with Crippen LogP contribution in [-0.2, 0) is 0 Å². The van der Waals surface area contributed by atoms with Crippen molar-refractivity contribution in [2.75, 3.05) is 9.80 Å². The third-order valence-corrected chi connectivity index (χ3v) is 7.19. The van der Waals surface area contributed by atoms with Crippen LogP contribution in [0.2, 0.25) is 0 Å². The fourth-order valence-electron chi connectivity index (χ4n) is 5.18. The average molecular weight is 581 g/mol. The van der Waals surface area contributed by atoms with Crippen LogP contribution in [0.5, 0.6) is 0 Å². The van der Waals surface area contributed by atoms with Gasteiger partial charge in [-0.3, -0.25) is 38.1 Å². The van der Waals surface area contributed by atoms with Gasteiger partial charge in [-0.15, -0.1) is 20.4 Å². The van der Waals surface area contributed by atoms with Crippen LogP contribution in [0.3, 0.4) is 0 Å². The second-order valence-electron chi connectivity index (χ2n) is 9.73. The van der Waals surface area contributed by atoms with Gasteiger partial charge in [-0.1, -0.05) is 42.5 Å². The predicted molar refractivity (Wildman–Crippen MR) is 158 cm³/mol. The maximum absolute atomic E-state index is 14.6. The quantitative estimate of drug-likeness (QED) is 0.297. The van der Waals surface area contributed by atoms with E-state index in [4.69, 9.17) is 0 Å². The summed E-state index contributed by atoms with van der Waals surface area (Å²) in [5.74, 6) is -1.75. The van der Waals surface area contributed by atoms with Crippen molar-refractivity contribution in [3.8, 4) is 0 Å². The number of anilines is 4. The normalized spacial score (nSPS) is 12.7. The van der Waals surface area contributed by atoms with Gasteiger partial charge in [0.2, 0.25) is 0 Å². The lowest BCUT2D eigenvalue weighted by Crippen LogP contribution is -2.37. The first-order valence-corrected chi connectivity index (χ1v) is 13.4. The molecule has 6 aromatic rings. The Bertz CT molecular complexity index is 2070. The molecule has 0 N–H and O–H groups in total. The topological polar surface area (TPSA) is 136 Å². The number of carbonyl (C=O) groups excluding carboxylic acids is 4. The van der Waals surface area contributed by atoms with Gasteiger partial charge in [-0.2, -0.15) is 0 Å². The maximum Gasteiger partial charge on any atom is 0.266 e. The molecule has 0 spiro atoms. The molecule has 0 saturated carbocycles. The summed E-state index contributed by atoms with van der Waals surface area (Å²) in [6.45, 7) is 0. The summed E-state index contributed by atoms with van der Waals surface area (Å²) in [6.07, 6.45) is 5.14. The Balaban J connectivity index is 1.42. The lowest BCUT2D eigenvalue weighted by atomic mass is 10.00. The molecule has 4 aromatic carbocycles. The van der Waals surface area contributed by atoms with Crippen molar-refractivity contribution < 1.29 is 19.2 Å². The molecule has 2 aromatic heterocycles. The van der Waals surface area contributed by atoms with Crippen molar-refractivity contribution in [2.24, 2.45) is 0 Å². The zero-order chi connectivity index (χ0) is 30.2. The number of rotatable bonds is 4. The molecule has 1 aliphatic rings. The summed E-state index contributed by atoms with van der Waals surface area (Å²) in [4.78, 5) is 58.5. The number of carbonyl (C=O) groups is 4. The Morgan fingerprint density at radius 2 is 1.00 bits per heavy atom. The second kappa shape index (κ2) is 10.7. The molecule has 0 saturated heterocycles. The minimum Gasteiger partial charge on any atom is -0.276 e. The second-order valence-corrected chi connectivity index (χ2v) is 9.73. The van der Waals surface area contributed by atoms with Crippen LogP contribution >= 0.6 is 0 Å². The van der Waals surface area contributed by atoms with Gasteiger partial charge in [0.25, 0.3) is 23.6 Å². The first-order chi connectivity index (χ1) is 21.5. The summed E-state index contributed by atoms with van der Waals surface area (Å²) in [7, 11) is 0. The number of para-hydroxylation sites is 3. The van der Waals surface area contributed by atoms with Gasteiger partial charge in [0.05, 0.1) is 39.4 Å². The third kappa shape index (κ3) is 4.34. The monoisotopic (exact) mass is 580 g/mol. The first kappa shape index (κ1) is 26.3. The minimum atomic E-state index is -0.466. The van der Waals surface area contributed by atoms with Crippen LogP contribution in [-0.4, -0.2) is 53.2 Å². The van der Waals surface area contributed by atoms with E-state index >= 15 is 0 Å². The number of nitrogens with zero attached hydrogens (tertiary/aromatic N) is 8. The highest BCUT2D eigenvalue weighted by Gasteiger charge is 2.36. The Morgan fingerprint density at radius 1 is 0.500 bits per heavy atom. The summed E-state index contributed by atoms with van der Waals surface area (Å²) in [6, 6.07) is 26.6. The smallest absolute Gasteiger partial charge is 0.266 e. The van der Waals surface area contributed by atoms with E-state index in [1.54, 1.807) is 97.1 Å². The number of fused-ring (bicyclic) bond motifs is 2. The van der Waals surface area contributed by atoms with E-state index in [1.807, 2.05) is 0 Å². The van der Waals surface area contributed by atoms with E-state index in [0.717, 1.165) is 0 Å². The van der Waals surface area contributed by atoms with Crippen molar-refractivity contribution in [1.29, 1.82) is 0 Å². The van der Waals surface area contributed by atoms with E-state index in [0.29, 0.717) is 11.4 Å². The van der Waals surface area contributed by atoms with Gasteiger partial charge in [0.15, 0.2) is 0 Å². The summed E-state index contributed by atoms with van der Waals surface area (Å²) in [5, 5.41) is 14.9. The molecule has 0 radical (unpaired) electrons. The summed E-state index contributed by atoms with van der Waals surface area (Å²) in [5.41, 5.74) is 2.15. The van der Waals surface area contributed by atoms with Gasteiger partial charge >= 0.3 is 0 Å². The summed E-state index contributed by atoms with van der Waals surface area (Å²) < 4.78 is 2.45. The lowest BCUT2D eigenvalue weighted by molar-refractivity contribution is 0.0950. The molecular formula is C32H20N8O4. The van der Waals surface area contributed by atoms with Crippen LogP contribution in [0.15, 0.2) is 122 Å². The van der Waals surface area contributed by atoms with Crippen molar-refractivity contribution >= 4 is 46.4 Å². The Morgan fingerprint density at radius 3 is 1.64 bits per heavy atom. The minimum absolute atomic E-state index is 0.206. The molecule has 7 rings (SSSR count). The molecule has 0 atom stereocenters. The Kier molecular flexibility index (Phi) is 6.40. The molecule has 0 aliphatic carbocycles. The molecule has 3 heterocycles. The Hall–Kier alpha value is -6.56. The number of benzene rings is 4. The van der Waals surface area contributed by atoms with Crippen LogP contribution < -0.4 is 9.80 Å². The third-order valence-electron chi connectivity index (χ3n) is 7.19. The van der Waals surface area contributed by atoms with Crippen LogP contribution in [0.4, 0.5) is 22.7 Å². The zero-order valence-corrected chi connectivity index (χ0v) is 22.8. The van der Waals surface area contributed by atoms with Gasteiger partial charge in [-0.05, 0) is 54.6 Å². The molecule has 212 valence electrons. The highest BCUT2D eigenvalue weighted by atomic mass is 16.2. The molecule has 44 heavy (non-hydrogen) atoms. The molecular weight excluding hydrogens is 560 g/mol. The molecule has 12 heteroatoms. The van der Waals surface area contributed by atoms with Crippen LogP contribution in [0, 0.1) is 0 Å². The van der Waals surface area contributed by atoms with E-state index in [-0.39, 0.29) is 39.5 Å². The fraction of sp³-hybridized carbons (Fsp3) is 0. The van der Waals surface area contributed by atoms with E-state index < -0.39 is 17.7 Å². The molecule has 0 unspecified atom stereocenters. The van der Waals surface area contributed by atoms with Gasteiger partial charge in [0.1, 0.15) is 25.3 Å². The number of hydrogen-bond acceptors (Lipinski definition) is 8. The van der Waals surface area contributed by atoms with Crippen molar-refractivity contribution in [3.63, 3.8) is 0 Å². The van der Waals surface area contributed by atoms with E-state index in [1.165, 1.54) is 44.2 Å². The SMILES string of the molecule is O=C1c2ccccc2N(c2ccccc2C(=O)n2cnnc2)C(=O)c2ccccc2N1c1cccc(C(=O)n2cnnc2)c1. The molecule has 1 aliphatic heterocycles. The van der Waals surface area contributed by atoms with Gasteiger partial charge < -0.3 is 0 Å². The number of hydrogen-bond donors (Lipinski definition) is 0. The van der Waals surface area contributed by atoms with E-state index in [2.05, 4.69) is 20.4 Å². The number of amides is 2. The van der Waals surface area contributed by atoms with Gasteiger partial charge in [0, 0.05) is 5.56 Å². The van der Waals surface area contributed by atoms with Crippen molar-refractivity contribution in [1.82, 2.24) is 29.5 Å². The standard InChI is InChI=1S/C32H20N8O4/c41-29(37-17-33-34-18-37)21-8-7-9-22(16-21)39-26-13-4-2-11-24(26)32(44)40(28-15-6-3-12-25(28)31(39)43)27-14-5-1-10-23(27)30(42)38-19-35-36-20-38/h1-20H. The van der Waals surface area contributed by atoms with Crippen molar-refractivity contribution in [3.05, 3.63) is 145 Å². The number of aromatic nitrogens is 6. The Labute approximate surface area is 249 Å². The molecule has 12 nitrogen and oxygen atoms in total. The highest BCUT2D eigenvalue weighted by Crippen LogP contribution is 2.41. The van der Waals surface area contributed by atoms with Crippen LogP contribution in [0.1, 0.15) is 41.4 Å². The van der Waals surface area contributed by atoms with E-state index in [9.17, 15) is 19.2 Å². The first-order valence-electron chi connectivity index (χ1n) is 13.4. The maximum atomic E-state index is 14.6. The molecule has 0 fully saturated rings. The van der Waals surface area contributed by atoms with Crippen molar-refractivity contribution in [2.45, 2.75) is 0 Å². The lowest BCUT2D eigenvalue weighted by Gasteiger charge is -2.34.